The number of rotatable bonds is 6. The number of nitrogens with zero attached hydrogens (tertiary/aromatic N) is 2. The standard InChI is InChI=1S/C16H22BN3O4/c1-10(2)9-14(17(23)24)19-15(21)11(3)20-8-6-13-12(16(20)22)5-4-7-18-13/h4-8,10-11,14,23-24H,9H2,1-3H3,(H,19,21)/t11-,14-/m0/s1. The maximum Gasteiger partial charge on any atom is 0.475 e. The number of aromatic nitrogens is 2. The Bertz CT molecular complexity index is 775. The minimum Gasteiger partial charge on any atom is -0.426 e. The van der Waals surface area contributed by atoms with Gasteiger partial charge >= 0.3 is 7.12 Å². The van der Waals surface area contributed by atoms with E-state index >= 15 is 0 Å². The van der Waals surface area contributed by atoms with Crippen molar-refractivity contribution in [1.29, 1.82) is 0 Å². The molecule has 0 aromatic carbocycles. The fourth-order valence-corrected chi connectivity index (χ4v) is 2.59. The first-order chi connectivity index (χ1) is 11.3. The van der Waals surface area contributed by atoms with E-state index in [-0.39, 0.29) is 11.5 Å². The van der Waals surface area contributed by atoms with Crippen molar-refractivity contribution in [1.82, 2.24) is 14.9 Å². The van der Waals surface area contributed by atoms with Gasteiger partial charge in [0.25, 0.3) is 5.56 Å². The molecule has 7 nitrogen and oxygen atoms in total. The lowest BCUT2D eigenvalue weighted by molar-refractivity contribution is -0.124. The third-order valence-electron chi connectivity index (χ3n) is 3.91. The molecule has 0 radical (unpaired) electrons. The molecule has 0 spiro atoms. The molecule has 0 bridgehead atoms. The van der Waals surface area contributed by atoms with Crippen LogP contribution in [0.3, 0.4) is 0 Å². The van der Waals surface area contributed by atoms with Crippen LogP contribution in [-0.2, 0) is 4.79 Å². The molecule has 0 saturated heterocycles. The van der Waals surface area contributed by atoms with E-state index in [1.165, 1.54) is 10.8 Å². The Hall–Kier alpha value is -2.19. The third-order valence-corrected chi connectivity index (χ3v) is 3.91. The van der Waals surface area contributed by atoms with Crippen molar-refractivity contribution in [2.24, 2.45) is 5.92 Å². The van der Waals surface area contributed by atoms with Gasteiger partial charge in [-0.2, -0.15) is 0 Å². The summed E-state index contributed by atoms with van der Waals surface area (Å²) in [7, 11) is -1.65. The van der Waals surface area contributed by atoms with Gasteiger partial charge in [-0.3, -0.25) is 14.6 Å². The van der Waals surface area contributed by atoms with Gasteiger partial charge in [0.2, 0.25) is 5.91 Å². The van der Waals surface area contributed by atoms with E-state index in [0.29, 0.717) is 17.3 Å². The smallest absolute Gasteiger partial charge is 0.426 e. The van der Waals surface area contributed by atoms with Crippen LogP contribution in [0.2, 0.25) is 0 Å². The predicted octanol–water partition coefficient (Wildman–Crippen LogP) is 0.500. The molecular weight excluding hydrogens is 309 g/mol. The normalized spacial score (nSPS) is 13.8. The molecule has 2 heterocycles. The Balaban J connectivity index is 2.24. The molecule has 2 atom stereocenters. The zero-order valence-corrected chi connectivity index (χ0v) is 14.0. The van der Waals surface area contributed by atoms with Crippen molar-refractivity contribution in [2.75, 3.05) is 0 Å². The van der Waals surface area contributed by atoms with Gasteiger partial charge < -0.3 is 19.9 Å². The minimum absolute atomic E-state index is 0.182. The first kappa shape index (κ1) is 18.2. The van der Waals surface area contributed by atoms with E-state index in [2.05, 4.69) is 10.3 Å². The van der Waals surface area contributed by atoms with Crippen molar-refractivity contribution in [3.8, 4) is 0 Å². The number of fused-ring (bicyclic) bond motifs is 1. The summed E-state index contributed by atoms with van der Waals surface area (Å²) in [5.74, 6) is -1.04. The van der Waals surface area contributed by atoms with Crippen molar-refractivity contribution >= 4 is 23.9 Å². The molecule has 0 aliphatic rings. The Labute approximate surface area is 140 Å². The van der Waals surface area contributed by atoms with Gasteiger partial charge in [0.1, 0.15) is 6.04 Å². The van der Waals surface area contributed by atoms with E-state index in [9.17, 15) is 19.6 Å². The molecule has 0 aliphatic heterocycles. The number of hydrogen-bond donors (Lipinski definition) is 3. The molecule has 1 amide bonds. The molecule has 0 aliphatic carbocycles. The minimum atomic E-state index is -1.65. The number of hydrogen-bond acceptors (Lipinski definition) is 5. The molecule has 0 fully saturated rings. The van der Waals surface area contributed by atoms with Gasteiger partial charge in [-0.15, -0.1) is 0 Å². The van der Waals surface area contributed by atoms with Gasteiger partial charge in [0.15, 0.2) is 0 Å². The van der Waals surface area contributed by atoms with Crippen molar-refractivity contribution in [3.63, 3.8) is 0 Å². The topological polar surface area (TPSA) is 104 Å². The molecule has 2 rings (SSSR count). The number of carbonyl (C=O) groups excluding carboxylic acids is 1. The molecule has 128 valence electrons. The molecule has 0 saturated carbocycles. The van der Waals surface area contributed by atoms with Crippen LogP contribution in [0.1, 0.15) is 33.2 Å². The van der Waals surface area contributed by atoms with E-state index < -0.39 is 25.0 Å². The summed E-state index contributed by atoms with van der Waals surface area (Å²) < 4.78 is 1.32. The van der Waals surface area contributed by atoms with Crippen LogP contribution >= 0.6 is 0 Å². The summed E-state index contributed by atoms with van der Waals surface area (Å²) in [5.41, 5.74) is 0.253. The van der Waals surface area contributed by atoms with Crippen LogP contribution in [0, 0.1) is 5.92 Å². The Morgan fingerprint density at radius 3 is 2.67 bits per heavy atom. The third kappa shape index (κ3) is 4.01. The monoisotopic (exact) mass is 331 g/mol. The number of nitrogens with one attached hydrogen (secondary N) is 1. The molecular formula is C16H22BN3O4. The summed E-state index contributed by atoms with van der Waals surface area (Å²) in [4.78, 5) is 29.0. The summed E-state index contributed by atoms with van der Waals surface area (Å²) in [6.45, 7) is 5.44. The van der Waals surface area contributed by atoms with Crippen molar-refractivity contribution < 1.29 is 14.8 Å². The molecule has 24 heavy (non-hydrogen) atoms. The molecule has 2 aromatic rings. The molecule has 0 unspecified atom stereocenters. The Kier molecular flexibility index (Phi) is 5.74. The van der Waals surface area contributed by atoms with Gasteiger partial charge in [-0.05, 0) is 37.5 Å². The summed E-state index contributed by atoms with van der Waals surface area (Å²) in [6, 6.07) is 4.22. The maximum atomic E-state index is 12.5. The number of pyridine rings is 2. The average molecular weight is 331 g/mol. The second kappa shape index (κ2) is 7.59. The van der Waals surface area contributed by atoms with Crippen molar-refractivity contribution in [3.05, 3.63) is 40.9 Å². The van der Waals surface area contributed by atoms with E-state index in [0.717, 1.165) is 0 Å². The fraction of sp³-hybridized carbons (Fsp3) is 0.438. The average Bonchev–Trinajstić information content (AvgIpc) is 2.53. The van der Waals surface area contributed by atoms with Crippen LogP contribution in [0.5, 0.6) is 0 Å². The highest BCUT2D eigenvalue weighted by Crippen LogP contribution is 2.11. The number of amides is 1. The highest BCUT2D eigenvalue weighted by molar-refractivity contribution is 6.43. The second-order valence-corrected chi connectivity index (χ2v) is 6.30. The van der Waals surface area contributed by atoms with Crippen LogP contribution in [0.15, 0.2) is 35.4 Å². The van der Waals surface area contributed by atoms with E-state index in [1.807, 2.05) is 13.8 Å². The molecule has 3 N–H and O–H groups in total. The van der Waals surface area contributed by atoms with Crippen LogP contribution in [0.25, 0.3) is 10.9 Å². The maximum absolute atomic E-state index is 12.5. The lowest BCUT2D eigenvalue weighted by Gasteiger charge is -2.22. The quantitative estimate of drug-likeness (QED) is 0.669. The largest absolute Gasteiger partial charge is 0.475 e. The summed E-state index contributed by atoms with van der Waals surface area (Å²) >= 11 is 0. The van der Waals surface area contributed by atoms with E-state index in [4.69, 9.17) is 0 Å². The fourth-order valence-electron chi connectivity index (χ4n) is 2.59. The van der Waals surface area contributed by atoms with Crippen LogP contribution < -0.4 is 10.9 Å². The highest BCUT2D eigenvalue weighted by atomic mass is 16.4. The first-order valence-electron chi connectivity index (χ1n) is 7.93. The highest BCUT2D eigenvalue weighted by Gasteiger charge is 2.28. The predicted molar refractivity (Wildman–Crippen MR) is 92.3 cm³/mol. The van der Waals surface area contributed by atoms with Crippen molar-refractivity contribution in [2.45, 2.75) is 39.2 Å². The van der Waals surface area contributed by atoms with Gasteiger partial charge in [0.05, 0.1) is 16.8 Å². The Morgan fingerprint density at radius 1 is 1.33 bits per heavy atom. The summed E-state index contributed by atoms with van der Waals surface area (Å²) in [5, 5.41) is 21.9. The lowest BCUT2D eigenvalue weighted by atomic mass is 9.75. The second-order valence-electron chi connectivity index (χ2n) is 6.30. The van der Waals surface area contributed by atoms with Gasteiger partial charge in [-0.25, -0.2) is 0 Å². The lowest BCUT2D eigenvalue weighted by Crippen LogP contribution is -2.49. The summed E-state index contributed by atoms with van der Waals surface area (Å²) in [6.07, 6.45) is 3.54. The zero-order valence-electron chi connectivity index (χ0n) is 14.0. The molecule has 8 heteroatoms. The van der Waals surface area contributed by atoms with Gasteiger partial charge in [-0.1, -0.05) is 13.8 Å². The van der Waals surface area contributed by atoms with Crippen LogP contribution in [0.4, 0.5) is 0 Å². The van der Waals surface area contributed by atoms with E-state index in [1.54, 1.807) is 31.3 Å². The van der Waals surface area contributed by atoms with Gasteiger partial charge in [0, 0.05) is 12.4 Å². The zero-order chi connectivity index (χ0) is 17.9. The van der Waals surface area contributed by atoms with Crippen LogP contribution in [-0.4, -0.2) is 38.6 Å². The SMILES string of the molecule is CC(C)C[C@H](NC(=O)[C@H](C)n1ccc2ncccc2c1=O)B(O)O. The molecule has 2 aromatic heterocycles. The number of carbonyl (C=O) groups is 1. The Morgan fingerprint density at radius 2 is 2.04 bits per heavy atom. The first-order valence-corrected chi connectivity index (χ1v) is 7.93.